The average molecular weight is 270 g/mol. The number of anilines is 1. The van der Waals surface area contributed by atoms with E-state index in [2.05, 4.69) is 28.3 Å². The van der Waals surface area contributed by atoms with Crippen LogP contribution < -0.4 is 5.32 Å². The Morgan fingerprint density at radius 1 is 1.35 bits per heavy atom. The lowest BCUT2D eigenvalue weighted by Crippen LogP contribution is -2.41. The summed E-state index contributed by atoms with van der Waals surface area (Å²) < 4.78 is 0. The van der Waals surface area contributed by atoms with E-state index in [-0.39, 0.29) is 0 Å². The van der Waals surface area contributed by atoms with Crippen LogP contribution in [0.4, 0.5) is 5.82 Å². The molecule has 3 rings (SSSR count). The summed E-state index contributed by atoms with van der Waals surface area (Å²) >= 11 is 0. The molecule has 0 aromatic carbocycles. The Kier molecular flexibility index (Phi) is 3.62. The monoisotopic (exact) mass is 270 g/mol. The van der Waals surface area contributed by atoms with Crippen LogP contribution in [0.25, 0.3) is 0 Å². The van der Waals surface area contributed by atoms with E-state index >= 15 is 0 Å². The molecule has 106 valence electrons. The number of hydrogen-bond donors (Lipinski definition) is 1. The molecule has 0 saturated carbocycles. The Morgan fingerprint density at radius 3 is 2.70 bits per heavy atom. The number of nitriles is 1. The molecule has 1 aromatic rings. The summed E-state index contributed by atoms with van der Waals surface area (Å²) in [6.45, 7) is 2.91. The highest BCUT2D eigenvalue weighted by Crippen LogP contribution is 2.37. The highest BCUT2D eigenvalue weighted by Gasteiger charge is 2.38. The second-order valence-corrected chi connectivity index (χ2v) is 6.26. The predicted octanol–water partition coefficient (Wildman–Crippen LogP) is 2.55. The van der Waals surface area contributed by atoms with Crippen molar-refractivity contribution in [1.82, 2.24) is 9.88 Å². The molecule has 2 unspecified atom stereocenters. The van der Waals surface area contributed by atoms with E-state index in [4.69, 9.17) is 5.26 Å². The van der Waals surface area contributed by atoms with E-state index in [9.17, 15) is 0 Å². The molecule has 2 atom stereocenters. The Balaban J connectivity index is 1.60. The first-order valence-corrected chi connectivity index (χ1v) is 7.50. The highest BCUT2D eigenvalue weighted by atomic mass is 15.2. The number of hydrogen-bond acceptors (Lipinski definition) is 4. The molecule has 4 heteroatoms. The maximum absolute atomic E-state index is 9.00. The third kappa shape index (κ3) is 2.64. The van der Waals surface area contributed by atoms with Crippen LogP contribution in [0.2, 0.25) is 0 Å². The van der Waals surface area contributed by atoms with Crippen LogP contribution in [0.5, 0.6) is 0 Å². The number of aromatic nitrogens is 1. The van der Waals surface area contributed by atoms with Crippen molar-refractivity contribution in [2.24, 2.45) is 5.92 Å². The van der Waals surface area contributed by atoms with Crippen LogP contribution in [0.15, 0.2) is 12.1 Å². The standard InChI is InChI=1S/C16H22N4/c1-11-5-12(9-17)8-16(19-11)18-10-13-6-14-3-4-15(7-13)20(14)2/h5,8,13-15H,3-4,6-7,10H2,1-2H3,(H,18,19). The van der Waals surface area contributed by atoms with Crippen LogP contribution in [0.1, 0.15) is 36.9 Å². The molecule has 1 N–H and O–H groups in total. The molecule has 0 spiro atoms. The molecule has 0 amide bonds. The predicted molar refractivity (Wildman–Crippen MR) is 79.5 cm³/mol. The second kappa shape index (κ2) is 5.41. The molecule has 20 heavy (non-hydrogen) atoms. The summed E-state index contributed by atoms with van der Waals surface area (Å²) in [6.07, 6.45) is 5.30. The van der Waals surface area contributed by atoms with Crippen molar-refractivity contribution >= 4 is 5.82 Å². The number of nitrogens with zero attached hydrogens (tertiary/aromatic N) is 3. The van der Waals surface area contributed by atoms with E-state index in [0.29, 0.717) is 5.56 Å². The number of aryl methyl sites for hydroxylation is 1. The molecule has 0 radical (unpaired) electrons. The molecule has 0 aliphatic carbocycles. The van der Waals surface area contributed by atoms with Crippen LogP contribution in [0.3, 0.4) is 0 Å². The van der Waals surface area contributed by atoms with Gasteiger partial charge in [-0.05, 0) is 57.7 Å². The Morgan fingerprint density at radius 2 is 2.05 bits per heavy atom. The molecule has 2 saturated heterocycles. The summed E-state index contributed by atoms with van der Waals surface area (Å²) in [5.41, 5.74) is 1.58. The topological polar surface area (TPSA) is 52.0 Å². The van der Waals surface area contributed by atoms with Gasteiger partial charge in [0.05, 0.1) is 11.6 Å². The van der Waals surface area contributed by atoms with Crippen LogP contribution in [-0.4, -0.2) is 35.6 Å². The Bertz CT molecular complexity index is 520. The lowest BCUT2D eigenvalue weighted by Gasteiger charge is -2.36. The van der Waals surface area contributed by atoms with Crippen LogP contribution in [0, 0.1) is 24.2 Å². The third-order valence-electron chi connectivity index (χ3n) is 4.85. The van der Waals surface area contributed by atoms with Crippen molar-refractivity contribution in [3.8, 4) is 6.07 Å². The highest BCUT2D eigenvalue weighted by molar-refractivity contribution is 5.44. The summed E-state index contributed by atoms with van der Waals surface area (Å²) in [5, 5.41) is 12.4. The minimum Gasteiger partial charge on any atom is -0.370 e. The molecule has 2 bridgehead atoms. The van der Waals surface area contributed by atoms with E-state index < -0.39 is 0 Å². The summed E-state index contributed by atoms with van der Waals surface area (Å²) in [4.78, 5) is 7.03. The minimum absolute atomic E-state index is 0.684. The van der Waals surface area contributed by atoms with Gasteiger partial charge in [-0.2, -0.15) is 5.26 Å². The summed E-state index contributed by atoms with van der Waals surface area (Å²) in [7, 11) is 2.27. The van der Waals surface area contributed by atoms with Crippen LogP contribution in [-0.2, 0) is 0 Å². The minimum atomic E-state index is 0.684. The largest absolute Gasteiger partial charge is 0.370 e. The molecule has 2 fully saturated rings. The normalized spacial score (nSPS) is 29.1. The lowest BCUT2D eigenvalue weighted by atomic mass is 9.91. The van der Waals surface area contributed by atoms with E-state index in [1.54, 1.807) is 0 Å². The fourth-order valence-corrected chi connectivity index (χ4v) is 3.76. The Hall–Kier alpha value is -1.60. The van der Waals surface area contributed by atoms with Gasteiger partial charge in [0.2, 0.25) is 0 Å². The van der Waals surface area contributed by atoms with Crippen molar-refractivity contribution < 1.29 is 0 Å². The first-order valence-electron chi connectivity index (χ1n) is 7.50. The number of rotatable bonds is 3. The molecule has 3 heterocycles. The van der Waals surface area contributed by atoms with E-state index in [0.717, 1.165) is 36.1 Å². The van der Waals surface area contributed by atoms with Gasteiger partial charge in [0.25, 0.3) is 0 Å². The van der Waals surface area contributed by atoms with Gasteiger partial charge in [0.15, 0.2) is 0 Å². The third-order valence-corrected chi connectivity index (χ3v) is 4.85. The quantitative estimate of drug-likeness (QED) is 0.917. The fourth-order valence-electron chi connectivity index (χ4n) is 3.76. The SMILES string of the molecule is Cc1cc(C#N)cc(NCC2CC3CCC(C2)N3C)n1. The molecule has 2 aliphatic heterocycles. The smallest absolute Gasteiger partial charge is 0.127 e. The van der Waals surface area contributed by atoms with Crippen molar-refractivity contribution in [3.63, 3.8) is 0 Å². The number of piperidine rings is 1. The zero-order valence-electron chi connectivity index (χ0n) is 12.3. The Labute approximate surface area is 120 Å². The molecular weight excluding hydrogens is 248 g/mol. The molecular formula is C16H22N4. The number of nitrogens with one attached hydrogen (secondary N) is 1. The van der Waals surface area contributed by atoms with Crippen molar-refractivity contribution in [2.75, 3.05) is 18.9 Å². The first kappa shape index (κ1) is 13.4. The lowest BCUT2D eigenvalue weighted by molar-refractivity contribution is 0.139. The first-order chi connectivity index (χ1) is 9.65. The maximum Gasteiger partial charge on any atom is 0.127 e. The number of fused-ring (bicyclic) bond motifs is 2. The molecule has 1 aromatic heterocycles. The van der Waals surface area contributed by atoms with Crippen molar-refractivity contribution in [2.45, 2.75) is 44.7 Å². The van der Waals surface area contributed by atoms with Crippen molar-refractivity contribution in [3.05, 3.63) is 23.4 Å². The van der Waals surface area contributed by atoms with E-state index in [1.165, 1.54) is 25.7 Å². The summed E-state index contributed by atoms with van der Waals surface area (Å²) in [6, 6.07) is 7.41. The van der Waals surface area contributed by atoms with Gasteiger partial charge in [0, 0.05) is 24.3 Å². The van der Waals surface area contributed by atoms with Crippen molar-refractivity contribution in [1.29, 1.82) is 5.26 Å². The summed E-state index contributed by atoms with van der Waals surface area (Å²) in [5.74, 6) is 1.57. The van der Waals surface area contributed by atoms with Gasteiger partial charge in [-0.1, -0.05) is 0 Å². The fraction of sp³-hybridized carbons (Fsp3) is 0.625. The van der Waals surface area contributed by atoms with Gasteiger partial charge >= 0.3 is 0 Å². The molecule has 4 nitrogen and oxygen atoms in total. The van der Waals surface area contributed by atoms with E-state index in [1.807, 2.05) is 19.1 Å². The molecule has 2 aliphatic rings. The van der Waals surface area contributed by atoms with Gasteiger partial charge in [0.1, 0.15) is 5.82 Å². The number of pyridine rings is 1. The van der Waals surface area contributed by atoms with Gasteiger partial charge in [-0.15, -0.1) is 0 Å². The van der Waals surface area contributed by atoms with Gasteiger partial charge < -0.3 is 10.2 Å². The van der Waals surface area contributed by atoms with Crippen LogP contribution >= 0.6 is 0 Å². The zero-order valence-corrected chi connectivity index (χ0v) is 12.3. The zero-order chi connectivity index (χ0) is 14.1. The van der Waals surface area contributed by atoms with Gasteiger partial charge in [-0.25, -0.2) is 4.98 Å². The average Bonchev–Trinajstić information content (AvgIpc) is 2.66. The van der Waals surface area contributed by atoms with Gasteiger partial charge in [-0.3, -0.25) is 0 Å². The second-order valence-electron chi connectivity index (χ2n) is 6.26. The maximum atomic E-state index is 9.00.